The Morgan fingerprint density at radius 3 is 2.18 bits per heavy atom. The van der Waals surface area contributed by atoms with Gasteiger partial charge in [-0.15, -0.1) is 0 Å². The third-order valence-corrected chi connectivity index (χ3v) is 5.04. The lowest BCUT2D eigenvalue weighted by molar-refractivity contribution is -1.18. The molecular formula is C16H34N2O4+2. The van der Waals surface area contributed by atoms with Crippen LogP contribution in [-0.4, -0.2) is 71.4 Å². The molecule has 0 aromatic carbocycles. The molecule has 0 radical (unpaired) electrons. The first-order valence-corrected chi connectivity index (χ1v) is 8.30. The Balaban J connectivity index is 2.14. The quantitative estimate of drug-likeness (QED) is 0.794. The van der Waals surface area contributed by atoms with E-state index in [9.17, 15) is 5.21 Å². The summed E-state index contributed by atoms with van der Waals surface area (Å²) in [7, 11) is 0. The van der Waals surface area contributed by atoms with Crippen molar-refractivity contribution in [1.29, 1.82) is 0 Å². The maximum Gasteiger partial charge on any atom is 0.213 e. The molecule has 2 fully saturated rings. The van der Waals surface area contributed by atoms with Gasteiger partial charge in [-0.1, -0.05) is 0 Å². The largest absolute Gasteiger partial charge is 0.329 e. The zero-order valence-corrected chi connectivity index (χ0v) is 15.1. The van der Waals surface area contributed by atoms with Crippen LogP contribution in [0, 0.1) is 0 Å². The van der Waals surface area contributed by atoms with Crippen LogP contribution >= 0.6 is 0 Å². The molecule has 2 unspecified atom stereocenters. The van der Waals surface area contributed by atoms with Crippen molar-refractivity contribution < 1.29 is 28.8 Å². The Hall–Kier alpha value is -0.240. The Kier molecular flexibility index (Phi) is 4.94. The van der Waals surface area contributed by atoms with Gasteiger partial charge in [0.05, 0.1) is 13.2 Å². The lowest BCUT2D eigenvalue weighted by Gasteiger charge is -2.50. The van der Waals surface area contributed by atoms with E-state index in [1.807, 2.05) is 20.8 Å². The monoisotopic (exact) mass is 318 g/mol. The Labute approximate surface area is 134 Å². The molecule has 2 aliphatic heterocycles. The topological polar surface area (TPSA) is 47.9 Å². The molecule has 0 aliphatic carbocycles. The van der Waals surface area contributed by atoms with E-state index in [-0.39, 0.29) is 21.8 Å². The minimum atomic E-state index is -0.299. The van der Waals surface area contributed by atoms with Gasteiger partial charge in [0.2, 0.25) is 13.5 Å². The van der Waals surface area contributed by atoms with Crippen LogP contribution in [0.3, 0.4) is 0 Å². The molecular weight excluding hydrogens is 284 g/mol. The molecule has 6 heteroatoms. The summed E-state index contributed by atoms with van der Waals surface area (Å²) in [6.45, 7) is 16.3. The molecule has 130 valence electrons. The molecule has 0 aromatic rings. The standard InChI is InChI=1S/C16H34N2O4/c1-15(2,3)17(19)10-14(11-21-12-17)22-18(16(4,5)6)8-7-9-20-13-18/h14,19H,7-13H2,1-6H3/q+2/t14?,17-,18?/m0/s1. The van der Waals surface area contributed by atoms with Gasteiger partial charge in [-0.2, -0.15) is 14.1 Å². The molecule has 0 bridgehead atoms. The summed E-state index contributed by atoms with van der Waals surface area (Å²) in [6.07, 6.45) is 0.849. The van der Waals surface area contributed by atoms with Crippen molar-refractivity contribution >= 4 is 0 Å². The normalized spacial score (nSPS) is 38.0. The number of hydroxylamine groups is 6. The van der Waals surface area contributed by atoms with Gasteiger partial charge in [-0.05, 0) is 41.5 Å². The van der Waals surface area contributed by atoms with E-state index in [4.69, 9.17) is 14.3 Å². The molecule has 0 spiro atoms. The van der Waals surface area contributed by atoms with E-state index in [1.165, 1.54) is 0 Å². The highest BCUT2D eigenvalue weighted by Gasteiger charge is 2.51. The number of quaternary nitrogens is 2. The Morgan fingerprint density at radius 2 is 1.68 bits per heavy atom. The van der Waals surface area contributed by atoms with Crippen LogP contribution < -0.4 is 0 Å². The van der Waals surface area contributed by atoms with Crippen molar-refractivity contribution in [3.05, 3.63) is 0 Å². The van der Waals surface area contributed by atoms with Crippen LogP contribution in [-0.2, 0) is 14.3 Å². The zero-order valence-electron chi connectivity index (χ0n) is 15.1. The van der Waals surface area contributed by atoms with Gasteiger partial charge in [-0.25, -0.2) is 5.21 Å². The smallest absolute Gasteiger partial charge is 0.213 e. The number of ether oxygens (including phenoxy) is 2. The van der Waals surface area contributed by atoms with Crippen LogP contribution in [0.4, 0.5) is 0 Å². The van der Waals surface area contributed by atoms with Crippen LogP contribution in [0.15, 0.2) is 0 Å². The summed E-state index contributed by atoms with van der Waals surface area (Å²) in [5, 5.41) is 10.9. The maximum absolute atomic E-state index is 10.9. The summed E-state index contributed by atoms with van der Waals surface area (Å²) in [6, 6.07) is 0. The van der Waals surface area contributed by atoms with Gasteiger partial charge in [-0.3, -0.25) is 0 Å². The maximum atomic E-state index is 10.9. The van der Waals surface area contributed by atoms with Crippen LogP contribution in [0.5, 0.6) is 0 Å². The second-order valence-electron chi connectivity index (χ2n) is 8.68. The van der Waals surface area contributed by atoms with Crippen molar-refractivity contribution in [2.45, 2.75) is 65.1 Å². The van der Waals surface area contributed by atoms with Gasteiger partial charge in [0.15, 0.2) is 6.10 Å². The van der Waals surface area contributed by atoms with Gasteiger partial charge < -0.3 is 9.47 Å². The fourth-order valence-electron chi connectivity index (χ4n) is 3.06. The second-order valence-corrected chi connectivity index (χ2v) is 8.68. The molecule has 2 saturated heterocycles. The highest BCUT2D eigenvalue weighted by molar-refractivity contribution is 4.67. The summed E-state index contributed by atoms with van der Waals surface area (Å²) < 4.78 is 11.7. The van der Waals surface area contributed by atoms with E-state index < -0.39 is 0 Å². The first-order valence-electron chi connectivity index (χ1n) is 8.30. The molecule has 0 saturated carbocycles. The lowest BCUT2D eigenvalue weighted by Crippen LogP contribution is -2.69. The SMILES string of the molecule is CC(C)(C)[N+]1(OC2COC[N@+](O)(C(C)(C)C)C2)CCCOC1. The summed E-state index contributed by atoms with van der Waals surface area (Å²) in [4.78, 5) is 6.49. The van der Waals surface area contributed by atoms with Crippen molar-refractivity contribution in [2.75, 3.05) is 39.8 Å². The molecule has 2 aliphatic rings. The first kappa shape index (κ1) is 18.1. The van der Waals surface area contributed by atoms with Crippen molar-refractivity contribution in [2.24, 2.45) is 0 Å². The number of nitrogens with zero attached hydrogens (tertiary/aromatic N) is 2. The number of hydrogen-bond donors (Lipinski definition) is 1. The fourth-order valence-corrected chi connectivity index (χ4v) is 3.06. The molecule has 2 rings (SSSR count). The first-order chi connectivity index (χ1) is 9.99. The van der Waals surface area contributed by atoms with Gasteiger partial charge in [0.1, 0.15) is 24.2 Å². The number of hydrogen-bond acceptors (Lipinski definition) is 4. The zero-order chi connectivity index (χ0) is 16.6. The Bertz CT molecular complexity index is 383. The number of rotatable bonds is 2. The minimum Gasteiger partial charge on any atom is -0.329 e. The highest BCUT2D eigenvalue weighted by Crippen LogP contribution is 2.33. The summed E-state index contributed by atoms with van der Waals surface area (Å²) in [5.41, 5.74) is -0.377. The third kappa shape index (κ3) is 3.47. The van der Waals surface area contributed by atoms with Gasteiger partial charge >= 0.3 is 0 Å². The molecule has 0 amide bonds. The predicted molar refractivity (Wildman–Crippen MR) is 82.7 cm³/mol. The molecule has 22 heavy (non-hydrogen) atoms. The summed E-state index contributed by atoms with van der Waals surface area (Å²) >= 11 is 0. The fraction of sp³-hybridized carbons (Fsp3) is 1.00. The van der Waals surface area contributed by atoms with Crippen molar-refractivity contribution in [1.82, 2.24) is 0 Å². The van der Waals surface area contributed by atoms with E-state index >= 15 is 0 Å². The Morgan fingerprint density at radius 1 is 1.00 bits per heavy atom. The van der Waals surface area contributed by atoms with Crippen molar-refractivity contribution in [3.8, 4) is 0 Å². The second kappa shape index (κ2) is 6.00. The molecule has 1 N–H and O–H groups in total. The van der Waals surface area contributed by atoms with Crippen LogP contribution in [0.2, 0.25) is 0 Å². The van der Waals surface area contributed by atoms with Crippen LogP contribution in [0.25, 0.3) is 0 Å². The average molecular weight is 318 g/mol. The summed E-state index contributed by atoms with van der Waals surface area (Å²) in [5.74, 6) is 0. The van der Waals surface area contributed by atoms with Gasteiger partial charge in [0.25, 0.3) is 0 Å². The van der Waals surface area contributed by atoms with E-state index in [1.54, 1.807) is 0 Å². The highest BCUT2D eigenvalue weighted by atomic mass is 16.8. The van der Waals surface area contributed by atoms with E-state index in [0.29, 0.717) is 31.3 Å². The van der Waals surface area contributed by atoms with E-state index in [0.717, 1.165) is 19.6 Å². The molecule has 0 aromatic heterocycles. The van der Waals surface area contributed by atoms with Crippen LogP contribution in [0.1, 0.15) is 48.0 Å². The van der Waals surface area contributed by atoms with E-state index in [2.05, 4.69) is 20.8 Å². The van der Waals surface area contributed by atoms with Gasteiger partial charge in [0, 0.05) is 6.42 Å². The third-order valence-electron chi connectivity index (χ3n) is 5.04. The minimum absolute atomic E-state index is 0.0787. The molecule has 2 heterocycles. The average Bonchev–Trinajstić information content (AvgIpc) is 2.37. The lowest BCUT2D eigenvalue weighted by atomic mass is 10.0. The molecule has 6 nitrogen and oxygen atoms in total. The van der Waals surface area contributed by atoms with Crippen molar-refractivity contribution in [3.63, 3.8) is 0 Å². The predicted octanol–water partition coefficient (Wildman–Crippen LogP) is 2.27. The molecule has 3 atom stereocenters.